The molecule has 0 heterocycles. The first-order valence-electron chi connectivity index (χ1n) is 9.81. The third-order valence-corrected chi connectivity index (χ3v) is 9.67. The van der Waals surface area contributed by atoms with Crippen LogP contribution in [0.25, 0.3) is 0 Å². The van der Waals surface area contributed by atoms with E-state index in [1.54, 1.807) is 18.2 Å². The summed E-state index contributed by atoms with van der Waals surface area (Å²) < 4.78 is 8.92. The number of nitro benzene ring substituents is 1. The molecule has 2 aromatic carbocycles. The van der Waals surface area contributed by atoms with Gasteiger partial charge in [-0.1, -0.05) is 84.8 Å². The molecular formula is C21H24Cl3NO6SSi. The van der Waals surface area contributed by atoms with Crippen molar-refractivity contribution in [2.45, 2.75) is 39.3 Å². The molecule has 0 saturated carbocycles. The van der Waals surface area contributed by atoms with Gasteiger partial charge in [-0.05, 0) is 24.2 Å². The summed E-state index contributed by atoms with van der Waals surface area (Å²) in [6, 6.07) is 14.1. The van der Waals surface area contributed by atoms with Gasteiger partial charge in [0, 0.05) is 29.1 Å². The van der Waals surface area contributed by atoms with Gasteiger partial charge in [0.2, 0.25) is 3.79 Å². The van der Waals surface area contributed by atoms with Crippen LogP contribution in [-0.2, 0) is 9.47 Å². The van der Waals surface area contributed by atoms with Crippen molar-refractivity contribution in [1.29, 1.82) is 0 Å². The zero-order chi connectivity index (χ0) is 24.9. The third-order valence-electron chi connectivity index (χ3n) is 4.41. The molecule has 0 aliphatic rings. The minimum atomic E-state index is -3.55. The molecule has 0 spiro atoms. The van der Waals surface area contributed by atoms with E-state index in [2.05, 4.69) is 19.6 Å². The van der Waals surface area contributed by atoms with Crippen molar-refractivity contribution in [3.63, 3.8) is 0 Å². The van der Waals surface area contributed by atoms with Crippen LogP contribution in [0.5, 0.6) is 0 Å². The molecule has 2 rings (SSSR count). The lowest BCUT2D eigenvalue weighted by molar-refractivity contribution is -0.387. The molecular weight excluding hydrogens is 529 g/mol. The fourth-order valence-corrected chi connectivity index (χ4v) is 6.63. The zero-order valence-corrected chi connectivity index (χ0v) is 22.3. The first kappa shape index (κ1) is 27.5. The first-order chi connectivity index (χ1) is 15.3. The van der Waals surface area contributed by atoms with Gasteiger partial charge in [-0.3, -0.25) is 10.1 Å². The van der Waals surface area contributed by atoms with E-state index in [1.165, 1.54) is 36.4 Å². The number of alkyl halides is 3. The van der Waals surface area contributed by atoms with E-state index in [0.717, 1.165) is 0 Å². The molecule has 0 aliphatic carbocycles. The van der Waals surface area contributed by atoms with Gasteiger partial charge < -0.3 is 9.47 Å². The number of para-hydroxylation sites is 1. The highest BCUT2D eigenvalue weighted by molar-refractivity contribution is 8.55. The molecule has 33 heavy (non-hydrogen) atoms. The number of hydrogen-bond acceptors (Lipinski definition) is 6. The van der Waals surface area contributed by atoms with Gasteiger partial charge in [-0.25, -0.2) is 9.59 Å². The van der Waals surface area contributed by atoms with Crippen molar-refractivity contribution >= 4 is 69.2 Å². The van der Waals surface area contributed by atoms with E-state index in [9.17, 15) is 19.7 Å². The average Bonchev–Trinajstić information content (AvgIpc) is 2.72. The molecule has 0 bridgehead atoms. The van der Waals surface area contributed by atoms with Gasteiger partial charge in [-0.15, -0.1) is 0 Å². The predicted molar refractivity (Wildman–Crippen MR) is 135 cm³/mol. The Bertz CT molecular complexity index is 1010. The number of rotatable bonds is 7. The molecule has 12 heteroatoms. The molecule has 0 saturated heterocycles. The van der Waals surface area contributed by atoms with E-state index < -0.39 is 49.7 Å². The Labute approximate surface area is 209 Å². The molecule has 0 N–H and O–H groups in total. The van der Waals surface area contributed by atoms with E-state index >= 15 is 0 Å². The Hall–Kier alpha value is -1.78. The number of carbonyl (C=O) groups is 2. The molecule has 7 nitrogen and oxygen atoms in total. The minimum absolute atomic E-state index is 0.0640. The van der Waals surface area contributed by atoms with Gasteiger partial charge in [0.25, 0.3) is 5.69 Å². The Morgan fingerprint density at radius 2 is 1.52 bits per heavy atom. The molecule has 1 atom stereocenters. The van der Waals surface area contributed by atoms with Crippen molar-refractivity contribution in [3.8, 4) is 0 Å². The Balaban J connectivity index is 2.74. The number of benzene rings is 2. The molecule has 0 aromatic heterocycles. The SMILES string of the molecule is C[Si](C)(C)CCOC(=O)S(C(=O)OCC(Cl)(Cl)Cl)(c1ccccc1)c1ccccc1[N+](=O)[O-]. The van der Waals surface area contributed by atoms with Crippen molar-refractivity contribution in [2.24, 2.45) is 0 Å². The van der Waals surface area contributed by atoms with Crippen LogP contribution in [0.3, 0.4) is 0 Å². The normalized spacial score (nSPS) is 14.6. The standard InChI is InChI=1S/C21H24Cl3NO6SSi/c1-33(2,3)14-13-30-19(26)32(16-9-5-4-6-10-16,20(27)31-15-21(22,23)24)18-12-8-7-11-17(18)25(28)29/h4-12H,13-15H2,1-3H3. The fraction of sp³-hybridized carbons (Fsp3) is 0.333. The van der Waals surface area contributed by atoms with Crippen LogP contribution in [0.1, 0.15) is 0 Å². The van der Waals surface area contributed by atoms with Crippen LogP contribution >= 0.6 is 44.8 Å². The summed E-state index contributed by atoms with van der Waals surface area (Å²) in [5, 5.41) is 9.88. The molecule has 0 radical (unpaired) electrons. The van der Waals surface area contributed by atoms with Crippen LogP contribution in [0.2, 0.25) is 25.7 Å². The smallest absolute Gasteiger partial charge is 0.368 e. The van der Waals surface area contributed by atoms with Crippen molar-refractivity contribution in [3.05, 3.63) is 64.7 Å². The van der Waals surface area contributed by atoms with E-state index in [4.69, 9.17) is 44.3 Å². The zero-order valence-electron chi connectivity index (χ0n) is 18.3. The first-order valence-corrected chi connectivity index (χ1v) is 16.3. The van der Waals surface area contributed by atoms with E-state index in [1.807, 2.05) is 0 Å². The highest BCUT2D eigenvalue weighted by atomic mass is 35.6. The van der Waals surface area contributed by atoms with Crippen molar-refractivity contribution < 1.29 is 24.0 Å². The van der Waals surface area contributed by atoms with Gasteiger partial charge in [-0.2, -0.15) is 0 Å². The molecule has 0 aliphatic heterocycles. The van der Waals surface area contributed by atoms with Gasteiger partial charge in [0.15, 0.2) is 0 Å². The molecule has 0 amide bonds. The van der Waals surface area contributed by atoms with Crippen LogP contribution in [0.4, 0.5) is 15.3 Å². The van der Waals surface area contributed by atoms with Crippen LogP contribution in [-0.4, -0.2) is 40.6 Å². The lowest BCUT2D eigenvalue weighted by atomic mass is 10.3. The summed E-state index contributed by atoms with van der Waals surface area (Å²) in [5.41, 5.74) is -0.413. The average molecular weight is 553 g/mol. The molecule has 1 unspecified atom stereocenters. The number of ether oxygens (including phenoxy) is 2. The summed E-state index contributed by atoms with van der Waals surface area (Å²) in [7, 11) is -5.13. The van der Waals surface area contributed by atoms with Crippen LogP contribution in [0.15, 0.2) is 64.4 Å². The highest BCUT2D eigenvalue weighted by Gasteiger charge is 2.51. The molecule has 0 fully saturated rings. The summed E-state index contributed by atoms with van der Waals surface area (Å²) >= 11 is 17.3. The number of carbonyl (C=O) groups excluding carboxylic acids is 2. The second-order valence-electron chi connectivity index (χ2n) is 8.21. The van der Waals surface area contributed by atoms with Crippen molar-refractivity contribution in [1.82, 2.24) is 0 Å². The lowest BCUT2D eigenvalue weighted by Crippen LogP contribution is -2.29. The summed E-state index contributed by atoms with van der Waals surface area (Å²) in [4.78, 5) is 38.6. The summed E-state index contributed by atoms with van der Waals surface area (Å²) in [6.07, 6.45) is 0. The Morgan fingerprint density at radius 1 is 0.970 bits per heavy atom. The molecule has 2 aromatic rings. The number of hydrogen-bond donors (Lipinski definition) is 0. The van der Waals surface area contributed by atoms with E-state index in [-0.39, 0.29) is 16.4 Å². The summed E-state index contributed by atoms with van der Waals surface area (Å²) in [6.45, 7) is 5.73. The quantitative estimate of drug-likeness (QED) is 0.114. The maximum Gasteiger partial charge on any atom is 0.368 e. The topological polar surface area (TPSA) is 95.7 Å². The Kier molecular flexibility index (Phi) is 9.23. The molecule has 180 valence electrons. The maximum absolute atomic E-state index is 13.7. The predicted octanol–water partition coefficient (Wildman–Crippen LogP) is 7.80. The summed E-state index contributed by atoms with van der Waals surface area (Å²) in [5.74, 6) is 0. The van der Waals surface area contributed by atoms with Gasteiger partial charge in [0.05, 0.1) is 16.4 Å². The lowest BCUT2D eigenvalue weighted by Gasteiger charge is -2.35. The van der Waals surface area contributed by atoms with Crippen LogP contribution in [0, 0.1) is 10.1 Å². The minimum Gasteiger partial charge on any atom is -0.458 e. The monoisotopic (exact) mass is 551 g/mol. The third kappa shape index (κ3) is 7.10. The fourth-order valence-electron chi connectivity index (χ4n) is 2.82. The second kappa shape index (κ2) is 11.1. The van der Waals surface area contributed by atoms with E-state index in [0.29, 0.717) is 6.04 Å². The largest absolute Gasteiger partial charge is 0.458 e. The number of nitro groups is 1. The maximum atomic E-state index is 13.7. The van der Waals surface area contributed by atoms with Gasteiger partial charge >= 0.3 is 10.6 Å². The second-order valence-corrected chi connectivity index (χ2v) is 19.2. The highest BCUT2D eigenvalue weighted by Crippen LogP contribution is 2.67. The Morgan fingerprint density at radius 3 is 2.06 bits per heavy atom. The van der Waals surface area contributed by atoms with Gasteiger partial charge in [0.1, 0.15) is 6.61 Å². The number of nitrogens with zero attached hydrogens (tertiary/aromatic N) is 1. The van der Waals surface area contributed by atoms with Crippen LogP contribution < -0.4 is 0 Å². The number of halogens is 3. The van der Waals surface area contributed by atoms with Crippen molar-refractivity contribution in [2.75, 3.05) is 13.2 Å².